The van der Waals surface area contributed by atoms with Crippen LogP contribution in [0.4, 0.5) is 10.6 Å². The number of hydrogen-bond donors (Lipinski definition) is 4. The van der Waals surface area contributed by atoms with Crippen molar-refractivity contribution in [3.8, 4) is 6.07 Å². The van der Waals surface area contributed by atoms with Gasteiger partial charge in [-0.25, -0.2) is 4.79 Å². The SMILES string of the molecule is Cc1cc[nH]c1NC(=O)N=CN(C)C1C(C)CCN(C(=O)CC#N)C1(O)O. The smallest absolute Gasteiger partial charge is 0.347 e. The highest BCUT2D eigenvalue weighted by molar-refractivity contribution is 5.94. The standard InChI is InChI=1S/C17H24N6O4/c1-11-6-9-23(13(24)4-7-18)17(26,27)14(11)22(3)10-20-16(25)21-15-12(2)5-8-19-15/h5,8,10-11,14,19,26-27H,4,6,9H2,1-3H3,(H,21,25). The van der Waals surface area contributed by atoms with E-state index in [1.54, 1.807) is 18.3 Å². The maximum absolute atomic E-state index is 12.0. The lowest BCUT2D eigenvalue weighted by Gasteiger charge is -2.49. The third-order valence-corrected chi connectivity index (χ3v) is 4.66. The molecule has 1 saturated heterocycles. The molecule has 4 N–H and O–H groups in total. The van der Waals surface area contributed by atoms with Crippen molar-refractivity contribution in [3.05, 3.63) is 17.8 Å². The number of piperidine rings is 1. The van der Waals surface area contributed by atoms with E-state index in [4.69, 9.17) is 5.26 Å². The molecule has 10 heteroatoms. The zero-order valence-corrected chi connectivity index (χ0v) is 15.5. The summed E-state index contributed by atoms with van der Waals surface area (Å²) in [6.07, 6.45) is 2.94. The molecule has 1 aromatic heterocycles. The first-order valence-corrected chi connectivity index (χ1v) is 8.51. The number of aliphatic hydroxyl groups is 2. The van der Waals surface area contributed by atoms with Crippen molar-refractivity contribution >= 4 is 24.1 Å². The van der Waals surface area contributed by atoms with Gasteiger partial charge < -0.3 is 20.1 Å². The molecule has 2 rings (SSSR count). The molecule has 1 aliphatic heterocycles. The molecule has 0 aromatic carbocycles. The van der Waals surface area contributed by atoms with E-state index in [9.17, 15) is 19.8 Å². The second kappa shape index (κ2) is 8.20. The highest BCUT2D eigenvalue weighted by Gasteiger charge is 2.50. The van der Waals surface area contributed by atoms with E-state index >= 15 is 0 Å². The Kier molecular flexibility index (Phi) is 6.20. The molecule has 2 heterocycles. The number of anilines is 1. The van der Waals surface area contributed by atoms with Gasteiger partial charge in [-0.15, -0.1) is 0 Å². The average Bonchev–Trinajstić information content (AvgIpc) is 2.97. The van der Waals surface area contributed by atoms with Gasteiger partial charge in [-0.2, -0.15) is 10.3 Å². The number of amides is 3. The van der Waals surface area contributed by atoms with Crippen LogP contribution in [0.15, 0.2) is 17.3 Å². The molecule has 10 nitrogen and oxygen atoms in total. The minimum atomic E-state index is -2.49. The molecule has 2 unspecified atom stereocenters. The number of rotatable bonds is 4. The molecule has 0 radical (unpaired) electrons. The zero-order valence-electron chi connectivity index (χ0n) is 15.5. The monoisotopic (exact) mass is 376 g/mol. The lowest BCUT2D eigenvalue weighted by atomic mass is 9.88. The minimum absolute atomic E-state index is 0.128. The third kappa shape index (κ3) is 4.45. The summed E-state index contributed by atoms with van der Waals surface area (Å²) >= 11 is 0. The fourth-order valence-corrected chi connectivity index (χ4v) is 3.28. The number of aliphatic imine (C=N–C) groups is 1. The maximum Gasteiger partial charge on any atom is 0.347 e. The van der Waals surface area contributed by atoms with E-state index in [-0.39, 0.29) is 12.5 Å². The Morgan fingerprint density at radius 3 is 2.89 bits per heavy atom. The number of nitriles is 1. The molecule has 3 amide bonds. The summed E-state index contributed by atoms with van der Waals surface area (Å²) < 4.78 is 0. The van der Waals surface area contributed by atoms with Crippen LogP contribution >= 0.6 is 0 Å². The third-order valence-electron chi connectivity index (χ3n) is 4.66. The number of hydrogen-bond acceptors (Lipinski definition) is 5. The highest BCUT2D eigenvalue weighted by Crippen LogP contribution is 2.32. The lowest BCUT2D eigenvalue weighted by Crippen LogP contribution is -2.68. The second-order valence-corrected chi connectivity index (χ2v) is 6.65. The van der Waals surface area contributed by atoms with Gasteiger partial charge in [-0.1, -0.05) is 6.92 Å². The number of likely N-dealkylation sites (N-methyl/N-ethyl adjacent to an activating group) is 1. The maximum atomic E-state index is 12.0. The molecule has 0 aliphatic carbocycles. The van der Waals surface area contributed by atoms with Crippen LogP contribution in [0.2, 0.25) is 0 Å². The Balaban J connectivity index is 2.11. The quantitative estimate of drug-likeness (QED) is 0.344. The molecular formula is C17H24N6O4. The predicted octanol–water partition coefficient (Wildman–Crippen LogP) is 0.604. The summed E-state index contributed by atoms with van der Waals surface area (Å²) in [6, 6.07) is 1.96. The second-order valence-electron chi connectivity index (χ2n) is 6.65. The average molecular weight is 376 g/mol. The molecule has 27 heavy (non-hydrogen) atoms. The van der Waals surface area contributed by atoms with Crippen molar-refractivity contribution in [1.29, 1.82) is 5.26 Å². The number of aromatic amines is 1. The normalized spacial score (nSPS) is 21.7. The van der Waals surface area contributed by atoms with Crippen LogP contribution < -0.4 is 5.32 Å². The first-order valence-electron chi connectivity index (χ1n) is 8.51. The number of nitrogens with zero attached hydrogens (tertiary/aromatic N) is 4. The van der Waals surface area contributed by atoms with Gasteiger partial charge in [0.05, 0.1) is 12.4 Å². The summed E-state index contributed by atoms with van der Waals surface area (Å²) in [6.45, 7) is 3.76. The Hall–Kier alpha value is -2.90. The number of H-pyrrole nitrogens is 1. The van der Waals surface area contributed by atoms with Gasteiger partial charge in [0.2, 0.25) is 5.91 Å². The Morgan fingerprint density at radius 2 is 2.30 bits per heavy atom. The fraction of sp³-hybridized carbons (Fsp3) is 0.529. The van der Waals surface area contributed by atoms with E-state index in [0.29, 0.717) is 12.2 Å². The van der Waals surface area contributed by atoms with Crippen LogP contribution in [0.1, 0.15) is 25.3 Å². The van der Waals surface area contributed by atoms with Gasteiger partial charge in [0, 0.05) is 19.8 Å². The largest absolute Gasteiger partial charge is 0.355 e. The van der Waals surface area contributed by atoms with Crippen molar-refractivity contribution in [2.75, 3.05) is 18.9 Å². The van der Waals surface area contributed by atoms with Gasteiger partial charge in [0.25, 0.3) is 5.91 Å². The van der Waals surface area contributed by atoms with Gasteiger partial charge in [-0.05, 0) is 30.9 Å². The van der Waals surface area contributed by atoms with Crippen LogP contribution in [-0.2, 0) is 4.79 Å². The molecule has 146 valence electrons. The van der Waals surface area contributed by atoms with E-state index in [1.807, 2.05) is 13.8 Å². The van der Waals surface area contributed by atoms with E-state index in [1.165, 1.54) is 18.3 Å². The molecular weight excluding hydrogens is 352 g/mol. The van der Waals surface area contributed by atoms with Crippen molar-refractivity contribution in [2.24, 2.45) is 10.9 Å². The number of nitrogens with one attached hydrogen (secondary N) is 2. The van der Waals surface area contributed by atoms with E-state index in [0.717, 1.165) is 10.5 Å². The molecule has 1 fully saturated rings. The first-order chi connectivity index (χ1) is 12.7. The Labute approximate surface area is 157 Å². The highest BCUT2D eigenvalue weighted by atomic mass is 16.5. The lowest BCUT2D eigenvalue weighted by molar-refractivity contribution is -0.301. The Bertz CT molecular complexity index is 766. The van der Waals surface area contributed by atoms with Crippen LogP contribution in [0, 0.1) is 24.2 Å². The molecule has 2 atom stereocenters. The van der Waals surface area contributed by atoms with Crippen LogP contribution in [0.25, 0.3) is 0 Å². The molecule has 0 bridgehead atoms. The first kappa shape index (κ1) is 20.4. The van der Waals surface area contributed by atoms with Crippen molar-refractivity contribution in [3.63, 3.8) is 0 Å². The number of aryl methyl sites for hydroxylation is 1. The van der Waals surface area contributed by atoms with Gasteiger partial charge in [-0.3, -0.25) is 15.0 Å². The van der Waals surface area contributed by atoms with Gasteiger partial charge in [0.15, 0.2) is 0 Å². The van der Waals surface area contributed by atoms with Gasteiger partial charge in [0.1, 0.15) is 18.3 Å². The molecule has 1 aromatic rings. The summed E-state index contributed by atoms with van der Waals surface area (Å²) in [7, 11) is 1.54. The molecule has 0 saturated carbocycles. The van der Waals surface area contributed by atoms with E-state index in [2.05, 4.69) is 15.3 Å². The zero-order chi connectivity index (χ0) is 20.2. The summed E-state index contributed by atoms with van der Waals surface area (Å²) in [5.41, 5.74) is 0.851. The topological polar surface area (TPSA) is 145 Å². The number of urea groups is 1. The van der Waals surface area contributed by atoms with Crippen molar-refractivity contribution in [2.45, 2.75) is 38.6 Å². The molecule has 1 aliphatic rings. The van der Waals surface area contributed by atoms with Crippen molar-refractivity contribution < 1.29 is 19.8 Å². The van der Waals surface area contributed by atoms with Crippen LogP contribution in [-0.4, -0.2) is 68.8 Å². The van der Waals surface area contributed by atoms with Crippen LogP contribution in [0.5, 0.6) is 0 Å². The summed E-state index contributed by atoms with van der Waals surface area (Å²) in [5.74, 6) is -2.82. The Morgan fingerprint density at radius 1 is 1.59 bits per heavy atom. The van der Waals surface area contributed by atoms with Crippen molar-refractivity contribution in [1.82, 2.24) is 14.8 Å². The number of likely N-dealkylation sites (tertiary alicyclic amines) is 1. The summed E-state index contributed by atoms with van der Waals surface area (Å²) in [4.78, 5) is 32.9. The van der Waals surface area contributed by atoms with E-state index < -0.39 is 30.3 Å². The number of carbonyl (C=O) groups excluding carboxylic acids is 2. The number of carbonyl (C=O) groups is 2. The number of aromatic nitrogens is 1. The summed E-state index contributed by atoms with van der Waals surface area (Å²) in [5, 5.41) is 32.4. The molecule has 0 spiro atoms. The van der Waals surface area contributed by atoms with Crippen LogP contribution in [0.3, 0.4) is 0 Å². The predicted molar refractivity (Wildman–Crippen MR) is 97.5 cm³/mol. The van der Waals surface area contributed by atoms with Gasteiger partial charge >= 0.3 is 6.03 Å². The minimum Gasteiger partial charge on any atom is -0.355 e. The fourth-order valence-electron chi connectivity index (χ4n) is 3.28.